The maximum atomic E-state index is 12.7. The first-order valence-electron chi connectivity index (χ1n) is 7.47. The second-order valence-electron chi connectivity index (χ2n) is 5.41. The quantitative estimate of drug-likeness (QED) is 0.930. The van der Waals surface area contributed by atoms with Crippen LogP contribution in [0.1, 0.15) is 12.0 Å². The average molecular weight is 327 g/mol. The molecule has 1 fully saturated rings. The molecule has 1 aliphatic rings. The summed E-state index contributed by atoms with van der Waals surface area (Å²) in [4.78, 5) is 31.4. The van der Waals surface area contributed by atoms with Crippen LogP contribution >= 0.6 is 0 Å². The minimum atomic E-state index is -0.422. The van der Waals surface area contributed by atoms with Gasteiger partial charge in [-0.2, -0.15) is 0 Å². The molecule has 0 unspecified atom stereocenters. The third-order valence-corrected chi connectivity index (χ3v) is 3.83. The summed E-state index contributed by atoms with van der Waals surface area (Å²) in [6.45, 7) is 0.451. The molecule has 0 spiro atoms. The van der Waals surface area contributed by atoms with Crippen molar-refractivity contribution in [2.24, 2.45) is 0 Å². The fraction of sp³-hybridized carbons (Fsp3) is 0.235. The minimum Gasteiger partial charge on any atom is -0.506 e. The van der Waals surface area contributed by atoms with E-state index in [1.54, 1.807) is 19.2 Å². The van der Waals surface area contributed by atoms with Gasteiger partial charge < -0.3 is 9.84 Å². The van der Waals surface area contributed by atoms with E-state index in [1.165, 1.54) is 28.3 Å². The Labute approximate surface area is 139 Å². The molecule has 24 heavy (non-hydrogen) atoms. The molecule has 0 aliphatic carbocycles. The van der Waals surface area contributed by atoms with Crippen molar-refractivity contribution < 1.29 is 19.4 Å². The fourth-order valence-corrected chi connectivity index (χ4v) is 2.56. The molecule has 7 nitrogen and oxygen atoms in total. The lowest BCUT2D eigenvalue weighted by molar-refractivity contribution is -0.129. The number of urea groups is 1. The molecule has 0 atom stereocenters. The van der Waals surface area contributed by atoms with Crippen molar-refractivity contribution in [2.45, 2.75) is 13.0 Å². The Balaban J connectivity index is 1.80. The largest absolute Gasteiger partial charge is 0.506 e. The molecule has 1 saturated heterocycles. The van der Waals surface area contributed by atoms with Gasteiger partial charge in [0.1, 0.15) is 11.5 Å². The molecule has 3 amide bonds. The predicted octanol–water partition coefficient (Wildman–Crippen LogP) is 2.15. The van der Waals surface area contributed by atoms with Crippen molar-refractivity contribution in [1.29, 1.82) is 0 Å². The van der Waals surface area contributed by atoms with Crippen LogP contribution in [0.25, 0.3) is 0 Å². The van der Waals surface area contributed by atoms with E-state index < -0.39 is 6.03 Å². The molecule has 1 aromatic heterocycles. The highest BCUT2D eigenvalue weighted by molar-refractivity contribution is 6.05. The zero-order chi connectivity index (χ0) is 17.1. The van der Waals surface area contributed by atoms with Gasteiger partial charge in [-0.25, -0.2) is 4.79 Å². The van der Waals surface area contributed by atoms with Crippen molar-refractivity contribution in [3.63, 3.8) is 0 Å². The van der Waals surface area contributed by atoms with E-state index in [-0.39, 0.29) is 31.2 Å². The van der Waals surface area contributed by atoms with E-state index >= 15 is 0 Å². The summed E-state index contributed by atoms with van der Waals surface area (Å²) in [5.41, 5.74) is 1.29. The Bertz CT molecular complexity index is 761. The van der Waals surface area contributed by atoms with Gasteiger partial charge in [0.25, 0.3) is 0 Å². The van der Waals surface area contributed by atoms with Gasteiger partial charge in [0.05, 0.1) is 31.7 Å². The van der Waals surface area contributed by atoms with E-state index in [4.69, 9.17) is 4.74 Å². The zero-order valence-electron chi connectivity index (χ0n) is 13.2. The number of hydrogen-bond acceptors (Lipinski definition) is 5. The highest BCUT2D eigenvalue weighted by Crippen LogP contribution is 2.24. The number of pyridine rings is 1. The lowest BCUT2D eigenvalue weighted by Gasteiger charge is -2.34. The second kappa shape index (κ2) is 6.57. The van der Waals surface area contributed by atoms with Crippen LogP contribution in [0, 0.1) is 0 Å². The van der Waals surface area contributed by atoms with Gasteiger partial charge in [0.2, 0.25) is 5.91 Å². The SMILES string of the molecule is COc1ccc(CN2C(=O)CCN(c3cncc(O)c3)C2=O)cc1. The third-order valence-electron chi connectivity index (χ3n) is 3.83. The number of nitrogens with zero attached hydrogens (tertiary/aromatic N) is 3. The van der Waals surface area contributed by atoms with Crippen LogP contribution in [-0.2, 0) is 11.3 Å². The van der Waals surface area contributed by atoms with Crippen molar-refractivity contribution in [2.75, 3.05) is 18.6 Å². The number of carbonyl (C=O) groups is 2. The van der Waals surface area contributed by atoms with Gasteiger partial charge in [0, 0.05) is 19.0 Å². The summed E-state index contributed by atoms with van der Waals surface area (Å²) in [5, 5.41) is 9.54. The van der Waals surface area contributed by atoms with Gasteiger partial charge in [0.15, 0.2) is 0 Å². The van der Waals surface area contributed by atoms with Crippen molar-refractivity contribution >= 4 is 17.6 Å². The van der Waals surface area contributed by atoms with Gasteiger partial charge in [-0.1, -0.05) is 12.1 Å². The Hall–Kier alpha value is -3.09. The highest BCUT2D eigenvalue weighted by Gasteiger charge is 2.33. The predicted molar refractivity (Wildman–Crippen MR) is 86.8 cm³/mol. The van der Waals surface area contributed by atoms with E-state index in [0.29, 0.717) is 11.4 Å². The summed E-state index contributed by atoms with van der Waals surface area (Å²) in [6, 6.07) is 8.22. The van der Waals surface area contributed by atoms with E-state index in [1.807, 2.05) is 12.1 Å². The van der Waals surface area contributed by atoms with Crippen LogP contribution < -0.4 is 9.64 Å². The van der Waals surface area contributed by atoms with Crippen LogP contribution in [0.4, 0.5) is 10.5 Å². The Morgan fingerprint density at radius 1 is 1.21 bits per heavy atom. The van der Waals surface area contributed by atoms with Crippen molar-refractivity contribution in [3.05, 3.63) is 48.3 Å². The Kier molecular flexibility index (Phi) is 4.33. The van der Waals surface area contributed by atoms with E-state index in [0.717, 1.165) is 5.56 Å². The molecular formula is C17H17N3O4. The van der Waals surface area contributed by atoms with Crippen LogP contribution in [0.15, 0.2) is 42.7 Å². The molecule has 0 saturated carbocycles. The number of aromatic hydroxyl groups is 1. The lowest BCUT2D eigenvalue weighted by atomic mass is 10.1. The van der Waals surface area contributed by atoms with Crippen molar-refractivity contribution in [1.82, 2.24) is 9.88 Å². The normalized spacial score (nSPS) is 14.9. The molecule has 2 heterocycles. The number of amides is 3. The first-order chi connectivity index (χ1) is 11.6. The number of carbonyl (C=O) groups excluding carboxylic acids is 2. The summed E-state index contributed by atoms with van der Waals surface area (Å²) in [5.74, 6) is 0.460. The smallest absolute Gasteiger partial charge is 0.331 e. The monoisotopic (exact) mass is 327 g/mol. The number of methoxy groups -OCH3 is 1. The molecule has 0 radical (unpaired) electrons. The Morgan fingerprint density at radius 2 is 1.96 bits per heavy atom. The van der Waals surface area contributed by atoms with Gasteiger partial charge in [-0.05, 0) is 17.7 Å². The molecular weight excluding hydrogens is 310 g/mol. The van der Waals surface area contributed by atoms with Gasteiger partial charge >= 0.3 is 6.03 Å². The maximum absolute atomic E-state index is 12.7. The molecule has 1 aromatic carbocycles. The molecule has 3 rings (SSSR count). The van der Waals surface area contributed by atoms with E-state index in [9.17, 15) is 14.7 Å². The minimum absolute atomic E-state index is 0.0288. The van der Waals surface area contributed by atoms with Crippen molar-refractivity contribution in [3.8, 4) is 11.5 Å². The lowest BCUT2D eigenvalue weighted by Crippen LogP contribution is -2.52. The summed E-state index contributed by atoms with van der Waals surface area (Å²) in [6.07, 6.45) is 2.99. The molecule has 2 aromatic rings. The maximum Gasteiger partial charge on any atom is 0.331 e. The first-order valence-corrected chi connectivity index (χ1v) is 7.47. The molecule has 1 N–H and O–H groups in total. The highest BCUT2D eigenvalue weighted by atomic mass is 16.5. The zero-order valence-corrected chi connectivity index (χ0v) is 13.2. The van der Waals surface area contributed by atoms with Gasteiger partial charge in [-0.15, -0.1) is 0 Å². The number of ether oxygens (including phenoxy) is 1. The topological polar surface area (TPSA) is 83.0 Å². The first kappa shape index (κ1) is 15.8. The third kappa shape index (κ3) is 3.15. The van der Waals surface area contributed by atoms with Crippen LogP contribution in [0.2, 0.25) is 0 Å². The summed E-state index contributed by atoms with van der Waals surface area (Å²) < 4.78 is 5.10. The summed E-state index contributed by atoms with van der Waals surface area (Å²) >= 11 is 0. The van der Waals surface area contributed by atoms with Gasteiger partial charge in [-0.3, -0.25) is 19.6 Å². The van der Waals surface area contributed by atoms with Crippen LogP contribution in [-0.4, -0.2) is 40.6 Å². The standard InChI is InChI=1S/C17H17N3O4/c1-24-15-4-2-12(3-5-15)11-20-16(22)6-7-19(17(20)23)13-8-14(21)10-18-9-13/h2-5,8-10,21H,6-7,11H2,1H3. The van der Waals surface area contributed by atoms with Crippen LogP contribution in [0.3, 0.4) is 0 Å². The van der Waals surface area contributed by atoms with Crippen LogP contribution in [0.5, 0.6) is 11.5 Å². The number of rotatable bonds is 4. The van der Waals surface area contributed by atoms with E-state index in [2.05, 4.69) is 4.98 Å². The number of benzene rings is 1. The Morgan fingerprint density at radius 3 is 2.62 bits per heavy atom. The number of hydrogen-bond donors (Lipinski definition) is 1. The molecule has 124 valence electrons. The fourth-order valence-electron chi connectivity index (χ4n) is 2.56. The number of anilines is 1. The molecule has 1 aliphatic heterocycles. The molecule has 0 bridgehead atoms. The average Bonchev–Trinajstić information content (AvgIpc) is 2.59. The molecule has 7 heteroatoms. The second-order valence-corrected chi connectivity index (χ2v) is 5.41. The summed E-state index contributed by atoms with van der Waals surface area (Å²) in [7, 11) is 1.58. The number of imide groups is 1. The number of aromatic nitrogens is 1.